The van der Waals surface area contributed by atoms with E-state index in [-0.39, 0.29) is 18.7 Å². The van der Waals surface area contributed by atoms with Crippen molar-refractivity contribution in [1.29, 1.82) is 0 Å². The van der Waals surface area contributed by atoms with Crippen molar-refractivity contribution >= 4 is 19.7 Å². The SMILES string of the molecule is B[C@]1(C(=O)OC(C)C)COC(c2ccccc2)=N1. The quantitative estimate of drug-likeness (QED) is 0.583. The van der Waals surface area contributed by atoms with E-state index in [1.807, 2.05) is 44.2 Å². The molecule has 0 fully saturated rings. The first-order valence-corrected chi connectivity index (χ1v) is 6.00. The Hall–Kier alpha value is -1.78. The molecule has 1 aliphatic heterocycles. The Morgan fingerprint density at radius 1 is 1.44 bits per heavy atom. The normalized spacial score (nSPS) is 22.5. The van der Waals surface area contributed by atoms with Gasteiger partial charge in [-0.25, -0.2) is 4.99 Å². The van der Waals surface area contributed by atoms with Gasteiger partial charge in [-0.1, -0.05) is 18.2 Å². The molecule has 0 bridgehead atoms. The number of esters is 1. The van der Waals surface area contributed by atoms with E-state index in [1.165, 1.54) is 0 Å². The number of aliphatic imine (C=N–C) groups is 1. The molecule has 0 saturated carbocycles. The zero-order valence-corrected chi connectivity index (χ0v) is 10.8. The maximum absolute atomic E-state index is 11.9. The molecule has 1 aromatic rings. The van der Waals surface area contributed by atoms with Crippen molar-refractivity contribution in [3.63, 3.8) is 0 Å². The molecule has 1 aromatic carbocycles. The molecule has 1 heterocycles. The van der Waals surface area contributed by atoms with Crippen LogP contribution in [0.2, 0.25) is 0 Å². The minimum Gasteiger partial charge on any atom is -0.475 e. The van der Waals surface area contributed by atoms with Crippen molar-refractivity contribution in [2.45, 2.75) is 25.4 Å². The van der Waals surface area contributed by atoms with Crippen LogP contribution in [0.15, 0.2) is 35.3 Å². The van der Waals surface area contributed by atoms with Gasteiger partial charge in [-0.05, 0) is 26.0 Å². The highest BCUT2D eigenvalue weighted by molar-refractivity contribution is 6.29. The highest BCUT2D eigenvalue weighted by Gasteiger charge is 2.41. The number of hydrogen-bond donors (Lipinski definition) is 0. The fraction of sp³-hybridized carbons (Fsp3) is 0.385. The van der Waals surface area contributed by atoms with E-state index in [4.69, 9.17) is 9.47 Å². The number of rotatable bonds is 3. The summed E-state index contributed by atoms with van der Waals surface area (Å²) in [6.45, 7) is 3.86. The van der Waals surface area contributed by atoms with Gasteiger partial charge in [0.25, 0.3) is 0 Å². The summed E-state index contributed by atoms with van der Waals surface area (Å²) in [6.07, 6.45) is -0.148. The smallest absolute Gasteiger partial charge is 0.328 e. The van der Waals surface area contributed by atoms with Gasteiger partial charge in [0.1, 0.15) is 6.61 Å². The Morgan fingerprint density at radius 2 is 2.11 bits per heavy atom. The van der Waals surface area contributed by atoms with Gasteiger partial charge in [0.05, 0.1) is 6.10 Å². The first-order chi connectivity index (χ1) is 8.51. The van der Waals surface area contributed by atoms with E-state index in [1.54, 1.807) is 7.85 Å². The Bertz CT molecular complexity index is 472. The second-order valence-corrected chi connectivity index (χ2v) is 4.80. The number of benzene rings is 1. The molecule has 0 aliphatic carbocycles. The third kappa shape index (κ3) is 2.55. The van der Waals surface area contributed by atoms with Crippen LogP contribution in [0, 0.1) is 0 Å². The first kappa shape index (κ1) is 12.7. The Kier molecular flexibility index (Phi) is 3.41. The Labute approximate surface area is 107 Å². The van der Waals surface area contributed by atoms with E-state index < -0.39 is 5.44 Å². The van der Waals surface area contributed by atoms with Gasteiger partial charge in [-0.3, -0.25) is 4.79 Å². The molecule has 0 spiro atoms. The molecule has 0 saturated heterocycles. The predicted molar refractivity (Wildman–Crippen MR) is 71.4 cm³/mol. The highest BCUT2D eigenvalue weighted by Crippen LogP contribution is 2.21. The molecule has 94 valence electrons. The lowest BCUT2D eigenvalue weighted by atomic mass is 9.79. The maximum Gasteiger partial charge on any atom is 0.328 e. The number of nitrogens with zero attached hydrogens (tertiary/aromatic N) is 1. The molecule has 0 radical (unpaired) electrons. The summed E-state index contributed by atoms with van der Waals surface area (Å²) in [5, 5.41) is 0. The third-order valence-corrected chi connectivity index (χ3v) is 2.64. The van der Waals surface area contributed by atoms with Crippen molar-refractivity contribution in [2.75, 3.05) is 6.61 Å². The van der Waals surface area contributed by atoms with Gasteiger partial charge in [0, 0.05) is 5.56 Å². The summed E-state index contributed by atoms with van der Waals surface area (Å²) in [5.74, 6) is 0.155. The molecular formula is C13H16BNO3. The fourth-order valence-electron chi connectivity index (χ4n) is 1.67. The summed E-state index contributed by atoms with van der Waals surface area (Å²) in [5.41, 5.74) is -0.0614. The van der Waals surface area contributed by atoms with Crippen molar-refractivity contribution in [1.82, 2.24) is 0 Å². The van der Waals surface area contributed by atoms with E-state index in [9.17, 15) is 4.79 Å². The number of hydrogen-bond acceptors (Lipinski definition) is 4. The number of carbonyl (C=O) groups excluding carboxylic acids is 1. The summed E-state index contributed by atoms with van der Waals surface area (Å²) in [4.78, 5) is 16.3. The van der Waals surface area contributed by atoms with Crippen LogP contribution in [-0.4, -0.2) is 37.9 Å². The van der Waals surface area contributed by atoms with E-state index in [0.29, 0.717) is 5.90 Å². The highest BCUT2D eigenvalue weighted by atomic mass is 16.6. The van der Waals surface area contributed by atoms with Crippen LogP contribution in [0.3, 0.4) is 0 Å². The average molecular weight is 245 g/mol. The summed E-state index contributed by atoms with van der Waals surface area (Å²) in [7, 11) is 1.73. The van der Waals surface area contributed by atoms with Crippen LogP contribution in [0.4, 0.5) is 0 Å². The van der Waals surface area contributed by atoms with E-state index in [2.05, 4.69) is 4.99 Å². The maximum atomic E-state index is 11.9. The zero-order valence-electron chi connectivity index (χ0n) is 10.8. The monoisotopic (exact) mass is 245 g/mol. The molecule has 0 N–H and O–H groups in total. The van der Waals surface area contributed by atoms with Gasteiger partial charge in [0.15, 0.2) is 13.3 Å². The second-order valence-electron chi connectivity index (χ2n) is 4.80. The number of ether oxygens (including phenoxy) is 2. The minimum absolute atomic E-state index is 0.148. The number of carbonyl (C=O) groups is 1. The van der Waals surface area contributed by atoms with Crippen LogP contribution >= 0.6 is 0 Å². The second kappa shape index (κ2) is 4.84. The molecule has 1 atom stereocenters. The molecule has 0 amide bonds. The summed E-state index contributed by atoms with van der Waals surface area (Å²) >= 11 is 0. The minimum atomic E-state index is -0.935. The van der Waals surface area contributed by atoms with Crippen LogP contribution in [0.1, 0.15) is 19.4 Å². The Morgan fingerprint density at radius 3 is 2.72 bits per heavy atom. The molecule has 0 unspecified atom stereocenters. The molecule has 5 heteroatoms. The molecule has 1 aliphatic rings. The van der Waals surface area contributed by atoms with Gasteiger partial charge >= 0.3 is 5.97 Å². The van der Waals surface area contributed by atoms with E-state index >= 15 is 0 Å². The van der Waals surface area contributed by atoms with Gasteiger partial charge in [-0.2, -0.15) is 0 Å². The van der Waals surface area contributed by atoms with Crippen molar-refractivity contribution in [3.8, 4) is 0 Å². The largest absolute Gasteiger partial charge is 0.475 e. The zero-order chi connectivity index (χ0) is 13.2. The van der Waals surface area contributed by atoms with E-state index in [0.717, 1.165) is 5.56 Å². The average Bonchev–Trinajstić information content (AvgIpc) is 2.74. The molecule has 18 heavy (non-hydrogen) atoms. The standard InChI is InChI=1S/C13H16BNO3/c1-9(2)18-12(16)13(14)8-17-11(15-13)10-6-4-3-5-7-10/h3-7,9H,8,14H2,1-2H3/t13-/m1/s1. The molecule has 0 aromatic heterocycles. The van der Waals surface area contributed by atoms with Gasteiger partial charge < -0.3 is 9.47 Å². The lowest BCUT2D eigenvalue weighted by Gasteiger charge is -2.18. The van der Waals surface area contributed by atoms with Crippen molar-refractivity contribution in [2.24, 2.45) is 4.99 Å². The van der Waals surface area contributed by atoms with Crippen LogP contribution in [0.25, 0.3) is 0 Å². The lowest BCUT2D eigenvalue weighted by molar-refractivity contribution is -0.150. The summed E-state index contributed by atoms with van der Waals surface area (Å²) in [6, 6.07) is 9.54. The topological polar surface area (TPSA) is 47.9 Å². The molecular weight excluding hydrogens is 229 g/mol. The molecule has 4 nitrogen and oxygen atoms in total. The van der Waals surface area contributed by atoms with Crippen molar-refractivity contribution in [3.05, 3.63) is 35.9 Å². The molecule has 2 rings (SSSR count). The third-order valence-electron chi connectivity index (χ3n) is 2.64. The van der Waals surface area contributed by atoms with Gasteiger partial charge in [-0.15, -0.1) is 0 Å². The van der Waals surface area contributed by atoms with Crippen LogP contribution in [0.5, 0.6) is 0 Å². The predicted octanol–water partition coefficient (Wildman–Crippen LogP) is 0.744. The van der Waals surface area contributed by atoms with Crippen LogP contribution in [-0.2, 0) is 14.3 Å². The Balaban J connectivity index is 2.19. The lowest BCUT2D eigenvalue weighted by Crippen LogP contribution is -2.41. The van der Waals surface area contributed by atoms with Crippen molar-refractivity contribution < 1.29 is 14.3 Å². The van der Waals surface area contributed by atoms with Crippen LogP contribution < -0.4 is 0 Å². The fourth-order valence-corrected chi connectivity index (χ4v) is 1.67. The van der Waals surface area contributed by atoms with Gasteiger partial charge in [0.2, 0.25) is 5.90 Å². The first-order valence-electron chi connectivity index (χ1n) is 6.00. The summed E-state index contributed by atoms with van der Waals surface area (Å²) < 4.78 is 10.7.